The van der Waals surface area contributed by atoms with E-state index in [2.05, 4.69) is 11.4 Å². The molecule has 2 saturated carbocycles. The standard InChI is InChI=1S/C15H24N2O2/c1-19-13-8-6-7-12(13)17-14(18)15(11-16)9-4-2-3-5-10-15/h12-13H,2-10H2,1H3,(H,17,18). The minimum absolute atomic E-state index is 0.0640. The predicted molar refractivity (Wildman–Crippen MR) is 72.3 cm³/mol. The van der Waals surface area contributed by atoms with Crippen molar-refractivity contribution in [3.8, 4) is 6.07 Å². The van der Waals surface area contributed by atoms with Gasteiger partial charge in [0.25, 0.3) is 0 Å². The van der Waals surface area contributed by atoms with Gasteiger partial charge in [-0.2, -0.15) is 5.26 Å². The lowest BCUT2D eigenvalue weighted by atomic mass is 9.80. The lowest BCUT2D eigenvalue weighted by Gasteiger charge is -2.27. The first kappa shape index (κ1) is 14.3. The molecule has 4 heteroatoms. The van der Waals surface area contributed by atoms with E-state index in [0.717, 1.165) is 44.9 Å². The summed E-state index contributed by atoms with van der Waals surface area (Å²) < 4.78 is 5.41. The van der Waals surface area contributed by atoms with Crippen LogP contribution in [-0.2, 0) is 9.53 Å². The Balaban J connectivity index is 2.02. The van der Waals surface area contributed by atoms with Crippen LogP contribution in [0.4, 0.5) is 0 Å². The molecule has 0 aromatic rings. The SMILES string of the molecule is COC1CCCC1NC(=O)C1(C#N)CCCCCC1. The molecule has 1 amide bonds. The summed E-state index contributed by atoms with van der Waals surface area (Å²) in [5, 5.41) is 12.6. The van der Waals surface area contributed by atoms with E-state index in [9.17, 15) is 10.1 Å². The maximum Gasteiger partial charge on any atom is 0.240 e. The average Bonchev–Trinajstić information content (AvgIpc) is 2.73. The predicted octanol–water partition coefficient (Wildman–Crippen LogP) is 2.53. The topological polar surface area (TPSA) is 62.1 Å². The summed E-state index contributed by atoms with van der Waals surface area (Å²) >= 11 is 0. The fraction of sp³-hybridized carbons (Fsp3) is 0.867. The average molecular weight is 264 g/mol. The smallest absolute Gasteiger partial charge is 0.240 e. The van der Waals surface area contributed by atoms with Crippen LogP contribution in [0.5, 0.6) is 0 Å². The van der Waals surface area contributed by atoms with Gasteiger partial charge in [0.05, 0.1) is 18.2 Å². The fourth-order valence-corrected chi connectivity index (χ4v) is 3.40. The Hall–Kier alpha value is -1.08. The summed E-state index contributed by atoms with van der Waals surface area (Å²) in [7, 11) is 1.70. The number of carbonyl (C=O) groups excluding carboxylic acids is 1. The lowest BCUT2D eigenvalue weighted by Crippen LogP contribution is -2.48. The fourth-order valence-electron chi connectivity index (χ4n) is 3.40. The second kappa shape index (κ2) is 6.38. The molecule has 0 radical (unpaired) electrons. The zero-order chi connectivity index (χ0) is 13.7. The van der Waals surface area contributed by atoms with E-state index < -0.39 is 5.41 Å². The van der Waals surface area contributed by atoms with Crippen molar-refractivity contribution < 1.29 is 9.53 Å². The Labute approximate surface area is 115 Å². The molecule has 2 aliphatic carbocycles. The van der Waals surface area contributed by atoms with Gasteiger partial charge in [0, 0.05) is 7.11 Å². The molecule has 2 unspecified atom stereocenters. The number of ether oxygens (including phenoxy) is 1. The third-order valence-corrected chi connectivity index (χ3v) is 4.68. The highest BCUT2D eigenvalue weighted by Gasteiger charge is 2.41. The van der Waals surface area contributed by atoms with Crippen LogP contribution in [0.15, 0.2) is 0 Å². The highest BCUT2D eigenvalue weighted by molar-refractivity contribution is 5.85. The van der Waals surface area contributed by atoms with E-state index in [1.54, 1.807) is 7.11 Å². The van der Waals surface area contributed by atoms with E-state index in [0.29, 0.717) is 12.8 Å². The highest BCUT2D eigenvalue weighted by Crippen LogP contribution is 2.35. The molecule has 2 aliphatic rings. The quantitative estimate of drug-likeness (QED) is 0.797. The van der Waals surface area contributed by atoms with E-state index >= 15 is 0 Å². The van der Waals surface area contributed by atoms with Crippen LogP contribution in [0.1, 0.15) is 57.8 Å². The summed E-state index contributed by atoms with van der Waals surface area (Å²) in [5.41, 5.74) is -0.794. The number of amides is 1. The van der Waals surface area contributed by atoms with Crippen molar-refractivity contribution in [3.63, 3.8) is 0 Å². The second-order valence-corrected chi connectivity index (χ2v) is 5.89. The summed E-state index contributed by atoms with van der Waals surface area (Å²) in [6.07, 6.45) is 8.83. The van der Waals surface area contributed by atoms with Crippen molar-refractivity contribution in [2.24, 2.45) is 5.41 Å². The summed E-state index contributed by atoms with van der Waals surface area (Å²) in [5.74, 6) is -0.0640. The van der Waals surface area contributed by atoms with Gasteiger partial charge in [-0.25, -0.2) is 0 Å². The van der Waals surface area contributed by atoms with Gasteiger partial charge in [0.1, 0.15) is 5.41 Å². The number of nitrogens with zero attached hydrogens (tertiary/aromatic N) is 1. The number of carbonyl (C=O) groups is 1. The molecule has 0 aromatic heterocycles. The third kappa shape index (κ3) is 3.09. The third-order valence-electron chi connectivity index (χ3n) is 4.68. The normalized spacial score (nSPS) is 30.3. The Morgan fingerprint density at radius 1 is 1.21 bits per heavy atom. The van der Waals surface area contributed by atoms with Crippen LogP contribution in [0.25, 0.3) is 0 Å². The molecule has 19 heavy (non-hydrogen) atoms. The van der Waals surface area contributed by atoms with Crippen LogP contribution in [0.3, 0.4) is 0 Å². The maximum atomic E-state index is 12.5. The number of methoxy groups -OCH3 is 1. The molecule has 0 saturated heterocycles. The molecule has 0 aromatic carbocycles. The molecule has 1 N–H and O–H groups in total. The van der Waals surface area contributed by atoms with Crippen LogP contribution >= 0.6 is 0 Å². The van der Waals surface area contributed by atoms with E-state index in [-0.39, 0.29) is 18.1 Å². The van der Waals surface area contributed by atoms with Gasteiger partial charge in [0.2, 0.25) is 5.91 Å². The monoisotopic (exact) mass is 264 g/mol. The highest BCUT2D eigenvalue weighted by atomic mass is 16.5. The number of hydrogen-bond acceptors (Lipinski definition) is 3. The van der Waals surface area contributed by atoms with E-state index in [1.165, 1.54) is 0 Å². The summed E-state index contributed by atoms with van der Waals surface area (Å²) in [6, 6.07) is 2.40. The van der Waals surface area contributed by atoms with Crippen molar-refractivity contribution in [3.05, 3.63) is 0 Å². The first-order valence-electron chi connectivity index (χ1n) is 7.47. The molecule has 0 bridgehead atoms. The molecule has 0 heterocycles. The largest absolute Gasteiger partial charge is 0.379 e. The lowest BCUT2D eigenvalue weighted by molar-refractivity contribution is -0.130. The van der Waals surface area contributed by atoms with Crippen LogP contribution < -0.4 is 5.32 Å². The van der Waals surface area contributed by atoms with Crippen molar-refractivity contribution in [2.75, 3.05) is 7.11 Å². The van der Waals surface area contributed by atoms with E-state index in [4.69, 9.17) is 4.74 Å². The zero-order valence-electron chi connectivity index (χ0n) is 11.8. The minimum atomic E-state index is -0.794. The van der Waals surface area contributed by atoms with Crippen molar-refractivity contribution >= 4 is 5.91 Å². The van der Waals surface area contributed by atoms with Gasteiger partial charge >= 0.3 is 0 Å². The molecule has 4 nitrogen and oxygen atoms in total. The van der Waals surface area contributed by atoms with Gasteiger partial charge in [-0.1, -0.05) is 25.7 Å². The molecule has 2 atom stereocenters. The van der Waals surface area contributed by atoms with Gasteiger partial charge in [-0.05, 0) is 32.1 Å². The number of nitrogens with one attached hydrogen (secondary N) is 1. The van der Waals surface area contributed by atoms with Gasteiger partial charge in [-0.3, -0.25) is 4.79 Å². The molecule has 0 aliphatic heterocycles. The van der Waals surface area contributed by atoms with Crippen LogP contribution in [0, 0.1) is 16.7 Å². The Morgan fingerprint density at radius 2 is 1.89 bits per heavy atom. The zero-order valence-corrected chi connectivity index (χ0v) is 11.8. The number of nitriles is 1. The van der Waals surface area contributed by atoms with Gasteiger partial charge < -0.3 is 10.1 Å². The number of hydrogen-bond donors (Lipinski definition) is 1. The Morgan fingerprint density at radius 3 is 2.47 bits per heavy atom. The van der Waals surface area contributed by atoms with E-state index in [1.807, 2.05) is 0 Å². The molecular weight excluding hydrogens is 240 g/mol. The van der Waals surface area contributed by atoms with Crippen molar-refractivity contribution in [2.45, 2.75) is 69.9 Å². The van der Waals surface area contributed by atoms with Crippen LogP contribution in [-0.4, -0.2) is 25.2 Å². The first-order valence-corrected chi connectivity index (χ1v) is 7.47. The maximum absolute atomic E-state index is 12.5. The molecular formula is C15H24N2O2. The van der Waals surface area contributed by atoms with Gasteiger partial charge in [0.15, 0.2) is 0 Å². The summed E-state index contributed by atoms with van der Waals surface area (Å²) in [6.45, 7) is 0. The van der Waals surface area contributed by atoms with Gasteiger partial charge in [-0.15, -0.1) is 0 Å². The Kier molecular flexibility index (Phi) is 4.81. The Bertz CT molecular complexity index is 354. The second-order valence-electron chi connectivity index (χ2n) is 5.89. The van der Waals surface area contributed by atoms with Crippen molar-refractivity contribution in [1.29, 1.82) is 5.26 Å². The molecule has 2 rings (SSSR count). The molecule has 0 spiro atoms. The molecule has 2 fully saturated rings. The minimum Gasteiger partial charge on any atom is -0.379 e. The summed E-state index contributed by atoms with van der Waals surface area (Å²) in [4.78, 5) is 12.5. The van der Waals surface area contributed by atoms with Crippen molar-refractivity contribution in [1.82, 2.24) is 5.32 Å². The van der Waals surface area contributed by atoms with Crippen LogP contribution in [0.2, 0.25) is 0 Å². The number of rotatable bonds is 3. The first-order chi connectivity index (χ1) is 9.22. The molecule has 106 valence electrons.